The molecule has 0 aliphatic carbocycles. The Hall–Kier alpha value is -1.21. The summed E-state index contributed by atoms with van der Waals surface area (Å²) in [6.07, 6.45) is -0.682. The standard InChI is InChI=1S/C12H18NO6PS/c1-2-10(8-3-4-21-7-8)20(18,19)13-9(5-11(14)15)6-12(16)17/h3-4,7,9-10H,2,5-6H2,1H3,(H,14,15)(H,16,17)(H2,13,18,19). The summed E-state index contributed by atoms with van der Waals surface area (Å²) in [6, 6.07) is 0.635. The Labute approximate surface area is 126 Å². The molecular formula is C12H18NO6PS. The zero-order valence-corrected chi connectivity index (χ0v) is 13.1. The van der Waals surface area contributed by atoms with E-state index in [2.05, 4.69) is 5.09 Å². The lowest BCUT2D eigenvalue weighted by atomic mass is 10.1. The summed E-state index contributed by atoms with van der Waals surface area (Å²) in [7, 11) is -3.93. The van der Waals surface area contributed by atoms with Gasteiger partial charge in [-0.2, -0.15) is 11.3 Å². The van der Waals surface area contributed by atoms with Gasteiger partial charge in [0.05, 0.1) is 18.5 Å². The number of hydrogen-bond acceptors (Lipinski definition) is 4. The fourth-order valence-corrected chi connectivity index (χ4v) is 4.85. The molecule has 0 fully saturated rings. The Balaban J connectivity index is 2.90. The largest absolute Gasteiger partial charge is 0.481 e. The first-order chi connectivity index (χ1) is 9.76. The normalized spacial score (nSPS) is 15.6. The number of rotatable bonds is 9. The van der Waals surface area contributed by atoms with E-state index >= 15 is 0 Å². The Morgan fingerprint density at radius 2 is 1.90 bits per heavy atom. The van der Waals surface area contributed by atoms with Gasteiger partial charge in [0.25, 0.3) is 7.52 Å². The third-order valence-electron chi connectivity index (χ3n) is 2.95. The fourth-order valence-electron chi connectivity index (χ4n) is 2.09. The van der Waals surface area contributed by atoms with Crippen molar-refractivity contribution in [2.75, 3.05) is 0 Å². The summed E-state index contributed by atoms with van der Waals surface area (Å²) in [6.45, 7) is 1.75. The predicted molar refractivity (Wildman–Crippen MR) is 78.6 cm³/mol. The van der Waals surface area contributed by atoms with E-state index in [1.165, 1.54) is 11.3 Å². The average Bonchev–Trinajstić information content (AvgIpc) is 2.80. The minimum Gasteiger partial charge on any atom is -0.481 e. The summed E-state index contributed by atoms with van der Waals surface area (Å²) in [5.74, 6) is -2.45. The molecule has 21 heavy (non-hydrogen) atoms. The number of carboxylic acids is 2. The molecule has 0 radical (unpaired) electrons. The van der Waals surface area contributed by atoms with Crippen LogP contribution in [0.2, 0.25) is 0 Å². The van der Waals surface area contributed by atoms with Crippen molar-refractivity contribution in [3.63, 3.8) is 0 Å². The van der Waals surface area contributed by atoms with Gasteiger partial charge >= 0.3 is 11.9 Å². The Kier molecular flexibility index (Phi) is 6.54. The number of aliphatic carboxylic acids is 2. The first-order valence-corrected chi connectivity index (χ1v) is 8.99. The molecular weight excluding hydrogens is 317 g/mol. The van der Waals surface area contributed by atoms with Gasteiger partial charge in [0.15, 0.2) is 0 Å². The molecule has 0 saturated carbocycles. The van der Waals surface area contributed by atoms with Gasteiger partial charge in [0, 0.05) is 6.04 Å². The fraction of sp³-hybridized carbons (Fsp3) is 0.500. The Morgan fingerprint density at radius 3 is 2.29 bits per heavy atom. The van der Waals surface area contributed by atoms with Crippen molar-refractivity contribution in [1.82, 2.24) is 5.09 Å². The smallest absolute Gasteiger partial charge is 0.304 e. The first-order valence-electron chi connectivity index (χ1n) is 6.32. The molecule has 0 aliphatic heterocycles. The van der Waals surface area contributed by atoms with Crippen LogP contribution in [0.1, 0.15) is 37.4 Å². The van der Waals surface area contributed by atoms with Crippen LogP contribution in [0.3, 0.4) is 0 Å². The zero-order valence-electron chi connectivity index (χ0n) is 11.4. The quantitative estimate of drug-likeness (QED) is 0.510. The minimum absolute atomic E-state index is 0.379. The van der Waals surface area contributed by atoms with Gasteiger partial charge in [-0.05, 0) is 28.8 Å². The van der Waals surface area contributed by atoms with Crippen molar-refractivity contribution >= 4 is 30.8 Å². The molecule has 2 unspecified atom stereocenters. The minimum atomic E-state index is -3.93. The summed E-state index contributed by atoms with van der Waals surface area (Å²) in [5.41, 5.74) is -0.000858. The number of carbonyl (C=O) groups is 2. The third kappa shape index (κ3) is 5.59. The molecule has 0 amide bonds. The van der Waals surface area contributed by atoms with E-state index in [0.717, 1.165) is 0 Å². The summed E-state index contributed by atoms with van der Waals surface area (Å²) >= 11 is 1.39. The summed E-state index contributed by atoms with van der Waals surface area (Å²) < 4.78 is 12.5. The topological polar surface area (TPSA) is 124 Å². The highest BCUT2D eigenvalue weighted by molar-refractivity contribution is 7.56. The van der Waals surface area contributed by atoms with E-state index in [1.54, 1.807) is 23.8 Å². The van der Waals surface area contributed by atoms with E-state index in [-0.39, 0.29) is 0 Å². The van der Waals surface area contributed by atoms with Gasteiger partial charge in [-0.1, -0.05) is 6.92 Å². The molecule has 118 valence electrons. The van der Waals surface area contributed by atoms with E-state index in [4.69, 9.17) is 10.2 Å². The van der Waals surface area contributed by atoms with E-state index < -0.39 is 44.0 Å². The van der Waals surface area contributed by atoms with Crippen molar-refractivity contribution in [2.24, 2.45) is 0 Å². The maximum Gasteiger partial charge on any atom is 0.304 e. The van der Waals surface area contributed by atoms with E-state index in [1.807, 2.05) is 0 Å². The van der Waals surface area contributed by atoms with Gasteiger partial charge < -0.3 is 15.1 Å². The summed E-state index contributed by atoms with van der Waals surface area (Å²) in [5, 5.41) is 23.4. The summed E-state index contributed by atoms with van der Waals surface area (Å²) in [4.78, 5) is 31.7. The number of hydrogen-bond donors (Lipinski definition) is 4. The van der Waals surface area contributed by atoms with E-state index in [9.17, 15) is 19.0 Å². The third-order valence-corrected chi connectivity index (χ3v) is 5.89. The number of thiophene rings is 1. The maximum atomic E-state index is 12.5. The van der Waals surface area contributed by atoms with Gasteiger partial charge in [-0.3, -0.25) is 14.2 Å². The zero-order chi connectivity index (χ0) is 16.0. The van der Waals surface area contributed by atoms with E-state index in [0.29, 0.717) is 12.0 Å². The average molecular weight is 335 g/mol. The van der Waals surface area contributed by atoms with Gasteiger partial charge in [-0.15, -0.1) is 0 Å². The van der Waals surface area contributed by atoms with Crippen LogP contribution in [0, 0.1) is 0 Å². The molecule has 0 spiro atoms. The highest BCUT2D eigenvalue weighted by atomic mass is 32.1. The molecule has 0 aliphatic rings. The van der Waals surface area contributed by atoms with Crippen LogP contribution in [0.25, 0.3) is 0 Å². The second kappa shape index (κ2) is 7.70. The number of carboxylic acid groups (broad SMARTS) is 2. The van der Waals surface area contributed by atoms with Crippen LogP contribution in [0.5, 0.6) is 0 Å². The van der Waals surface area contributed by atoms with Crippen LogP contribution in [-0.2, 0) is 14.2 Å². The lowest BCUT2D eigenvalue weighted by molar-refractivity contribution is -0.139. The van der Waals surface area contributed by atoms with Gasteiger partial charge in [-0.25, -0.2) is 5.09 Å². The molecule has 1 heterocycles. The van der Waals surface area contributed by atoms with Crippen molar-refractivity contribution in [3.05, 3.63) is 22.4 Å². The molecule has 9 heteroatoms. The molecule has 0 bridgehead atoms. The van der Waals surface area contributed by atoms with Crippen molar-refractivity contribution in [2.45, 2.75) is 37.9 Å². The molecule has 1 rings (SSSR count). The van der Waals surface area contributed by atoms with Crippen LogP contribution in [0.15, 0.2) is 16.8 Å². The Bertz CT molecular complexity index is 516. The van der Waals surface area contributed by atoms with Crippen molar-refractivity contribution in [3.8, 4) is 0 Å². The van der Waals surface area contributed by atoms with Crippen LogP contribution in [-0.4, -0.2) is 33.1 Å². The molecule has 7 nitrogen and oxygen atoms in total. The monoisotopic (exact) mass is 335 g/mol. The predicted octanol–water partition coefficient (Wildman–Crippen LogP) is 2.29. The highest BCUT2D eigenvalue weighted by Crippen LogP contribution is 2.54. The maximum absolute atomic E-state index is 12.5. The van der Waals surface area contributed by atoms with Crippen LogP contribution in [0.4, 0.5) is 0 Å². The Morgan fingerprint density at radius 1 is 1.33 bits per heavy atom. The first kappa shape index (κ1) is 17.8. The van der Waals surface area contributed by atoms with Gasteiger partial charge in [0.2, 0.25) is 0 Å². The lowest BCUT2D eigenvalue weighted by Gasteiger charge is -2.26. The second-order valence-electron chi connectivity index (χ2n) is 4.63. The van der Waals surface area contributed by atoms with Crippen LogP contribution < -0.4 is 5.09 Å². The van der Waals surface area contributed by atoms with Crippen molar-refractivity contribution < 1.29 is 29.3 Å². The molecule has 4 N–H and O–H groups in total. The molecule has 2 atom stereocenters. The molecule has 0 aromatic carbocycles. The molecule has 1 aromatic heterocycles. The van der Waals surface area contributed by atoms with Crippen LogP contribution >= 0.6 is 18.9 Å². The highest BCUT2D eigenvalue weighted by Gasteiger charge is 2.34. The van der Waals surface area contributed by atoms with Gasteiger partial charge in [0.1, 0.15) is 0 Å². The molecule has 1 aromatic rings. The lowest BCUT2D eigenvalue weighted by Crippen LogP contribution is -2.32. The molecule has 0 saturated heterocycles. The number of nitrogens with one attached hydrogen (secondary N) is 1. The second-order valence-corrected chi connectivity index (χ2v) is 7.53. The SMILES string of the molecule is CCC(c1ccsc1)P(=O)(O)NC(CC(=O)O)CC(=O)O. The van der Waals surface area contributed by atoms with Crippen molar-refractivity contribution in [1.29, 1.82) is 0 Å².